The molecule has 33 heavy (non-hydrogen) atoms. The van der Waals surface area contributed by atoms with E-state index in [0.717, 1.165) is 55.7 Å². The monoisotopic (exact) mass is 461 g/mol. The molecular weight excluding hydrogens is 434 g/mol. The predicted molar refractivity (Wildman–Crippen MR) is 135 cm³/mol. The van der Waals surface area contributed by atoms with Crippen LogP contribution < -0.4 is 10.6 Å². The van der Waals surface area contributed by atoms with Crippen LogP contribution >= 0.6 is 11.6 Å². The third-order valence-corrected chi connectivity index (χ3v) is 5.70. The number of aliphatic imine (C=N–C) groups is 1. The molecule has 0 unspecified atom stereocenters. The molecule has 3 N–H and O–H groups in total. The number of anilines is 1. The van der Waals surface area contributed by atoms with E-state index in [1.54, 1.807) is 18.3 Å². The van der Waals surface area contributed by atoms with Gasteiger partial charge in [0.25, 0.3) is 0 Å². The molecule has 4 rings (SSSR count). The SMILES string of the molecule is Oc1ccc(CCNc2nccc(-c3cccc(CNCCC4=NCCC=C4)c3)n2)cc1Cl. The maximum absolute atomic E-state index is 9.54. The Morgan fingerprint density at radius 2 is 1.94 bits per heavy atom. The fourth-order valence-corrected chi connectivity index (χ4v) is 3.84. The average molecular weight is 462 g/mol. The van der Waals surface area contributed by atoms with Crippen LogP contribution in [0.25, 0.3) is 11.3 Å². The van der Waals surface area contributed by atoms with Crippen molar-refractivity contribution < 1.29 is 5.11 Å². The van der Waals surface area contributed by atoms with Crippen LogP contribution in [-0.4, -0.2) is 40.4 Å². The van der Waals surface area contributed by atoms with Crippen LogP contribution in [-0.2, 0) is 13.0 Å². The summed E-state index contributed by atoms with van der Waals surface area (Å²) in [4.78, 5) is 13.5. The van der Waals surface area contributed by atoms with Gasteiger partial charge >= 0.3 is 0 Å². The quantitative estimate of drug-likeness (QED) is 0.368. The maximum Gasteiger partial charge on any atom is 0.223 e. The number of rotatable bonds is 10. The molecule has 0 amide bonds. The normalized spacial score (nSPS) is 13.1. The third kappa shape index (κ3) is 6.88. The second kappa shape index (κ2) is 11.6. The lowest BCUT2D eigenvalue weighted by Gasteiger charge is -2.10. The number of allylic oxidation sites excluding steroid dienone is 1. The largest absolute Gasteiger partial charge is 0.506 e. The van der Waals surface area contributed by atoms with Crippen LogP contribution in [0.4, 0.5) is 5.95 Å². The number of hydrogen-bond acceptors (Lipinski definition) is 6. The summed E-state index contributed by atoms with van der Waals surface area (Å²) in [6.07, 6.45) is 8.85. The molecule has 0 radical (unpaired) electrons. The molecular formula is C26H28ClN5O. The summed E-state index contributed by atoms with van der Waals surface area (Å²) in [7, 11) is 0. The summed E-state index contributed by atoms with van der Waals surface area (Å²) in [5.41, 5.74) is 5.37. The minimum Gasteiger partial charge on any atom is -0.506 e. The Morgan fingerprint density at radius 1 is 1.00 bits per heavy atom. The lowest BCUT2D eigenvalue weighted by Crippen LogP contribution is -2.18. The van der Waals surface area contributed by atoms with Gasteiger partial charge in [-0.05, 0) is 54.3 Å². The Morgan fingerprint density at radius 3 is 2.79 bits per heavy atom. The zero-order chi connectivity index (χ0) is 22.9. The number of phenolic OH excluding ortho intramolecular Hbond substituents is 1. The first kappa shape index (κ1) is 23.0. The van der Waals surface area contributed by atoms with Crippen LogP contribution in [0.2, 0.25) is 5.02 Å². The smallest absolute Gasteiger partial charge is 0.223 e. The lowest BCUT2D eigenvalue weighted by molar-refractivity contribution is 0.475. The zero-order valence-corrected chi connectivity index (χ0v) is 19.2. The standard InChI is InChI=1S/C26H28ClN5O/c27-23-17-19(7-8-25(23)33)9-14-30-26-31-15-11-24(32-26)21-5-3-4-20(16-21)18-28-13-10-22-6-1-2-12-29-22/h1,3-8,11,15-17,28,33H,2,9-10,12-14,18H2,(H,30,31,32). The van der Waals surface area contributed by atoms with Crippen molar-refractivity contribution in [1.82, 2.24) is 15.3 Å². The Hall–Kier alpha value is -3.22. The van der Waals surface area contributed by atoms with Crippen molar-refractivity contribution in [2.45, 2.75) is 25.8 Å². The van der Waals surface area contributed by atoms with Crippen molar-refractivity contribution in [3.05, 3.63) is 83.0 Å². The van der Waals surface area contributed by atoms with Gasteiger partial charge < -0.3 is 15.7 Å². The first-order valence-corrected chi connectivity index (χ1v) is 11.6. The first-order chi connectivity index (χ1) is 16.2. The number of halogens is 1. The molecule has 0 spiro atoms. The molecule has 1 aliphatic rings. The van der Waals surface area contributed by atoms with E-state index in [1.807, 2.05) is 12.1 Å². The molecule has 0 saturated carbocycles. The molecule has 2 heterocycles. The topological polar surface area (TPSA) is 82.4 Å². The number of dihydropyridines is 1. The minimum absolute atomic E-state index is 0.0950. The van der Waals surface area contributed by atoms with Crippen LogP contribution in [0.15, 0.2) is 71.9 Å². The van der Waals surface area contributed by atoms with Gasteiger partial charge in [0.15, 0.2) is 0 Å². The fourth-order valence-electron chi connectivity index (χ4n) is 3.64. The molecule has 0 saturated heterocycles. The number of aromatic hydroxyl groups is 1. The Bertz CT molecular complexity index is 1150. The van der Waals surface area contributed by atoms with E-state index in [-0.39, 0.29) is 5.75 Å². The summed E-state index contributed by atoms with van der Waals surface area (Å²) < 4.78 is 0. The second-order valence-electron chi connectivity index (χ2n) is 7.92. The molecule has 0 aliphatic carbocycles. The lowest BCUT2D eigenvalue weighted by atomic mass is 10.1. The zero-order valence-electron chi connectivity index (χ0n) is 18.5. The number of nitrogens with zero attached hydrogens (tertiary/aromatic N) is 3. The number of hydrogen-bond donors (Lipinski definition) is 3. The van der Waals surface area contributed by atoms with Crippen molar-refractivity contribution in [3.63, 3.8) is 0 Å². The van der Waals surface area contributed by atoms with Gasteiger partial charge in [-0.1, -0.05) is 41.9 Å². The highest BCUT2D eigenvalue weighted by molar-refractivity contribution is 6.32. The van der Waals surface area contributed by atoms with Gasteiger partial charge in [-0.25, -0.2) is 9.97 Å². The minimum atomic E-state index is 0.0950. The van der Waals surface area contributed by atoms with E-state index >= 15 is 0 Å². The van der Waals surface area contributed by atoms with E-state index in [1.165, 1.54) is 11.3 Å². The van der Waals surface area contributed by atoms with Crippen LogP contribution in [0.5, 0.6) is 5.75 Å². The van der Waals surface area contributed by atoms with Crippen molar-refractivity contribution in [2.75, 3.05) is 25.0 Å². The first-order valence-electron chi connectivity index (χ1n) is 11.2. The summed E-state index contributed by atoms with van der Waals surface area (Å²) in [5, 5.41) is 16.7. The van der Waals surface area contributed by atoms with Gasteiger partial charge in [-0.3, -0.25) is 4.99 Å². The number of benzene rings is 2. The van der Waals surface area contributed by atoms with Crippen LogP contribution in [0.3, 0.4) is 0 Å². The molecule has 1 aliphatic heterocycles. The molecule has 7 heteroatoms. The average Bonchev–Trinajstić information content (AvgIpc) is 2.85. The second-order valence-corrected chi connectivity index (χ2v) is 8.33. The van der Waals surface area contributed by atoms with Gasteiger partial charge in [-0.2, -0.15) is 0 Å². The molecule has 1 aromatic heterocycles. The highest BCUT2D eigenvalue weighted by atomic mass is 35.5. The molecule has 0 fully saturated rings. The van der Waals surface area contributed by atoms with Crippen molar-refractivity contribution in [1.29, 1.82) is 0 Å². The predicted octanol–water partition coefficient (Wildman–Crippen LogP) is 5.04. The summed E-state index contributed by atoms with van der Waals surface area (Å²) in [6, 6.07) is 15.6. The molecule has 3 aromatic rings. The highest BCUT2D eigenvalue weighted by Gasteiger charge is 2.05. The van der Waals surface area contributed by atoms with Gasteiger partial charge in [-0.15, -0.1) is 0 Å². The van der Waals surface area contributed by atoms with Crippen molar-refractivity contribution in [3.8, 4) is 17.0 Å². The van der Waals surface area contributed by atoms with Crippen molar-refractivity contribution >= 4 is 23.3 Å². The highest BCUT2D eigenvalue weighted by Crippen LogP contribution is 2.24. The fraction of sp³-hybridized carbons (Fsp3) is 0.269. The van der Waals surface area contributed by atoms with Crippen LogP contribution in [0, 0.1) is 0 Å². The van der Waals surface area contributed by atoms with Crippen molar-refractivity contribution in [2.24, 2.45) is 4.99 Å². The molecule has 0 bridgehead atoms. The van der Waals surface area contributed by atoms with E-state index in [4.69, 9.17) is 11.6 Å². The summed E-state index contributed by atoms with van der Waals surface area (Å²) >= 11 is 5.98. The number of nitrogens with one attached hydrogen (secondary N) is 2. The van der Waals surface area contributed by atoms with E-state index in [0.29, 0.717) is 17.5 Å². The van der Waals surface area contributed by atoms with Crippen LogP contribution in [0.1, 0.15) is 24.0 Å². The summed E-state index contributed by atoms with van der Waals surface area (Å²) in [6.45, 7) is 3.28. The third-order valence-electron chi connectivity index (χ3n) is 5.40. The maximum atomic E-state index is 9.54. The van der Waals surface area contributed by atoms with Gasteiger partial charge in [0, 0.05) is 50.1 Å². The molecule has 0 atom stereocenters. The van der Waals surface area contributed by atoms with Gasteiger partial charge in [0.2, 0.25) is 5.95 Å². The molecule has 170 valence electrons. The van der Waals surface area contributed by atoms with E-state index in [9.17, 15) is 5.11 Å². The van der Waals surface area contributed by atoms with E-state index in [2.05, 4.69) is 62.0 Å². The number of phenols is 1. The Balaban J connectivity index is 1.30. The Labute approximate surface area is 199 Å². The van der Waals surface area contributed by atoms with Gasteiger partial charge in [0.05, 0.1) is 10.7 Å². The van der Waals surface area contributed by atoms with Gasteiger partial charge in [0.1, 0.15) is 5.75 Å². The summed E-state index contributed by atoms with van der Waals surface area (Å²) in [5.74, 6) is 0.680. The molecule has 2 aromatic carbocycles. The number of aromatic nitrogens is 2. The molecule has 6 nitrogen and oxygen atoms in total. The Kier molecular flexibility index (Phi) is 8.06. The van der Waals surface area contributed by atoms with E-state index < -0.39 is 0 Å².